The number of hydrogen-bond acceptors (Lipinski definition) is 12. The Morgan fingerprint density at radius 2 is 1.58 bits per heavy atom. The Morgan fingerprint density at radius 1 is 1.04 bits per heavy atom. The first-order chi connectivity index (χ1) is 11.1. The molecule has 1 heterocycles. The fourth-order valence-electron chi connectivity index (χ4n) is 1.50. The predicted molar refractivity (Wildman–Crippen MR) is 71.0 cm³/mol. The molecule has 1 aliphatic rings. The molecule has 0 unspecified atom stereocenters. The largest absolute Gasteiger partial charge is 0.467 e. The zero-order valence-corrected chi connectivity index (χ0v) is 12.8. The summed E-state index contributed by atoms with van der Waals surface area (Å²) >= 11 is 0. The minimum absolute atomic E-state index is 0.0107. The first kappa shape index (κ1) is 22.3. The van der Waals surface area contributed by atoms with Gasteiger partial charge in [-0.1, -0.05) is 0 Å². The lowest BCUT2D eigenvalue weighted by atomic mass is 10.1. The minimum atomic E-state index is -1.91. The Kier molecular flexibility index (Phi) is 9.53. The Bertz CT molecular complexity index is 426. The standard InChI is InChI=1S/2C6H10O6/c1-11-6(10)4-2(7)3(8)5(9)12-4;1-12-6(11)5(10)4(9)3(8)2-7/h2-5,7-9H,1H3;2-5,8-10H,1H3/t2-,3-,4-,5-;3-,4+,5+/m01/s1. The van der Waals surface area contributed by atoms with E-state index in [0.29, 0.717) is 0 Å². The van der Waals surface area contributed by atoms with Gasteiger partial charge in [-0.2, -0.15) is 0 Å². The fourth-order valence-corrected chi connectivity index (χ4v) is 1.50. The summed E-state index contributed by atoms with van der Waals surface area (Å²) in [4.78, 5) is 31.2. The maximum Gasteiger partial charge on any atom is 0.337 e. The highest BCUT2D eigenvalue weighted by molar-refractivity contribution is 5.76. The molecular weight excluding hydrogens is 336 g/mol. The first-order valence-electron chi connectivity index (χ1n) is 6.47. The van der Waals surface area contributed by atoms with Crippen LogP contribution in [0.1, 0.15) is 0 Å². The molecule has 0 amide bonds. The van der Waals surface area contributed by atoms with Crippen LogP contribution in [-0.4, -0.2) is 106 Å². The van der Waals surface area contributed by atoms with Gasteiger partial charge in [0.05, 0.1) is 14.2 Å². The molecule has 0 aliphatic carbocycles. The molecule has 12 heteroatoms. The summed E-state index contributed by atoms with van der Waals surface area (Å²) in [5, 5.41) is 53.2. The summed E-state index contributed by atoms with van der Waals surface area (Å²) in [5.74, 6) is -1.93. The van der Waals surface area contributed by atoms with Crippen molar-refractivity contribution in [3.8, 4) is 0 Å². The van der Waals surface area contributed by atoms with Crippen LogP contribution < -0.4 is 0 Å². The predicted octanol–water partition coefficient (Wildman–Crippen LogP) is -4.96. The van der Waals surface area contributed by atoms with Gasteiger partial charge < -0.3 is 49.6 Å². The van der Waals surface area contributed by atoms with Crippen LogP contribution in [0.15, 0.2) is 0 Å². The molecule has 1 fully saturated rings. The molecule has 6 N–H and O–H groups in total. The monoisotopic (exact) mass is 356 g/mol. The molecule has 7 atom stereocenters. The van der Waals surface area contributed by atoms with Gasteiger partial charge in [0.15, 0.2) is 24.8 Å². The zero-order valence-electron chi connectivity index (χ0n) is 12.8. The van der Waals surface area contributed by atoms with E-state index in [-0.39, 0.29) is 6.29 Å². The summed E-state index contributed by atoms with van der Waals surface area (Å²) in [6, 6.07) is 0. The van der Waals surface area contributed by atoms with Crippen LogP contribution in [0.5, 0.6) is 0 Å². The van der Waals surface area contributed by atoms with Crippen molar-refractivity contribution in [2.75, 3.05) is 14.2 Å². The van der Waals surface area contributed by atoms with Crippen LogP contribution in [-0.2, 0) is 28.6 Å². The zero-order chi connectivity index (χ0) is 19.0. The number of aliphatic hydroxyl groups is 6. The summed E-state index contributed by atoms with van der Waals surface area (Å²) < 4.78 is 12.8. The van der Waals surface area contributed by atoms with E-state index in [2.05, 4.69) is 14.2 Å². The number of carbonyl (C=O) groups excluding carboxylic acids is 3. The van der Waals surface area contributed by atoms with Crippen LogP contribution in [0.3, 0.4) is 0 Å². The Hall–Kier alpha value is -1.67. The highest BCUT2D eigenvalue weighted by Crippen LogP contribution is 2.20. The normalized spacial score (nSPS) is 29.5. The molecule has 0 aromatic carbocycles. The second kappa shape index (κ2) is 10.2. The molecule has 0 spiro atoms. The van der Waals surface area contributed by atoms with Crippen LogP contribution in [0.2, 0.25) is 0 Å². The van der Waals surface area contributed by atoms with Crippen LogP contribution in [0.4, 0.5) is 0 Å². The smallest absolute Gasteiger partial charge is 0.337 e. The van der Waals surface area contributed by atoms with Gasteiger partial charge in [-0.3, -0.25) is 0 Å². The maximum atomic E-state index is 10.8. The molecule has 1 saturated heterocycles. The average molecular weight is 356 g/mol. The fraction of sp³-hybridized carbons (Fsp3) is 0.750. The molecule has 0 aromatic heterocycles. The lowest BCUT2D eigenvalue weighted by molar-refractivity contribution is -0.168. The van der Waals surface area contributed by atoms with Gasteiger partial charge in [-0.25, -0.2) is 9.59 Å². The highest BCUT2D eigenvalue weighted by Gasteiger charge is 2.46. The van der Waals surface area contributed by atoms with Gasteiger partial charge in [0.1, 0.15) is 24.4 Å². The molecule has 1 rings (SSSR count). The number of carbonyl (C=O) groups is 3. The lowest BCUT2D eigenvalue weighted by Gasteiger charge is -2.16. The van der Waals surface area contributed by atoms with E-state index in [4.69, 9.17) is 30.6 Å². The second-order valence-electron chi connectivity index (χ2n) is 4.54. The van der Waals surface area contributed by atoms with Gasteiger partial charge in [0.25, 0.3) is 0 Å². The van der Waals surface area contributed by atoms with Gasteiger partial charge >= 0.3 is 11.9 Å². The number of hydrogen-bond donors (Lipinski definition) is 6. The Balaban J connectivity index is 0.000000441. The molecule has 1 aliphatic heterocycles. The molecule has 140 valence electrons. The van der Waals surface area contributed by atoms with Crippen molar-refractivity contribution in [3.63, 3.8) is 0 Å². The van der Waals surface area contributed by atoms with Crippen LogP contribution in [0, 0.1) is 0 Å². The average Bonchev–Trinajstić information content (AvgIpc) is 2.86. The third-order valence-corrected chi connectivity index (χ3v) is 2.93. The Labute approximate surface area is 135 Å². The van der Waals surface area contributed by atoms with E-state index in [0.717, 1.165) is 14.2 Å². The summed E-state index contributed by atoms with van der Waals surface area (Å²) in [7, 11) is 2.13. The van der Waals surface area contributed by atoms with Crippen LogP contribution >= 0.6 is 0 Å². The SMILES string of the molecule is COC(=O)[C@@H](O)[C@@H](O)[C@H](O)C=O.COC(=O)[C@H]1O[C@H](O)[C@@H](O)[C@@H]1O. The molecular formula is C12H20O12. The Morgan fingerprint density at radius 3 is 1.92 bits per heavy atom. The van der Waals surface area contributed by atoms with E-state index >= 15 is 0 Å². The third kappa shape index (κ3) is 5.76. The summed E-state index contributed by atoms with van der Waals surface area (Å²) in [5.41, 5.74) is 0. The van der Waals surface area contributed by atoms with Crippen molar-refractivity contribution in [1.29, 1.82) is 0 Å². The summed E-state index contributed by atoms with van der Waals surface area (Å²) in [6.07, 6.45) is -11.3. The molecule has 0 aromatic rings. The van der Waals surface area contributed by atoms with Crippen molar-refractivity contribution in [3.05, 3.63) is 0 Å². The molecule has 0 bridgehead atoms. The first-order valence-corrected chi connectivity index (χ1v) is 6.47. The van der Waals surface area contributed by atoms with Crippen molar-refractivity contribution in [2.45, 2.75) is 42.9 Å². The number of rotatable bonds is 5. The second-order valence-corrected chi connectivity index (χ2v) is 4.54. The van der Waals surface area contributed by atoms with Crippen molar-refractivity contribution >= 4 is 18.2 Å². The van der Waals surface area contributed by atoms with E-state index in [1.807, 2.05) is 0 Å². The number of aldehydes is 1. The molecule has 0 saturated carbocycles. The number of methoxy groups -OCH3 is 2. The van der Waals surface area contributed by atoms with E-state index in [1.54, 1.807) is 0 Å². The van der Waals surface area contributed by atoms with Crippen molar-refractivity contribution < 1.29 is 59.2 Å². The molecule has 0 radical (unpaired) electrons. The topological polar surface area (TPSA) is 200 Å². The van der Waals surface area contributed by atoms with Gasteiger partial charge in [-0.05, 0) is 0 Å². The van der Waals surface area contributed by atoms with E-state index < -0.39 is 54.9 Å². The maximum absolute atomic E-state index is 10.8. The molecule has 24 heavy (non-hydrogen) atoms. The minimum Gasteiger partial charge on any atom is -0.467 e. The lowest BCUT2D eigenvalue weighted by Crippen LogP contribution is -2.43. The van der Waals surface area contributed by atoms with Gasteiger partial charge in [0, 0.05) is 0 Å². The van der Waals surface area contributed by atoms with E-state index in [1.165, 1.54) is 0 Å². The molecule has 12 nitrogen and oxygen atoms in total. The number of esters is 2. The van der Waals surface area contributed by atoms with Crippen LogP contribution in [0.25, 0.3) is 0 Å². The number of ether oxygens (including phenoxy) is 3. The van der Waals surface area contributed by atoms with Gasteiger partial charge in [0.2, 0.25) is 0 Å². The van der Waals surface area contributed by atoms with Gasteiger partial charge in [-0.15, -0.1) is 0 Å². The van der Waals surface area contributed by atoms with Crippen molar-refractivity contribution in [1.82, 2.24) is 0 Å². The quantitative estimate of drug-likeness (QED) is 0.203. The third-order valence-electron chi connectivity index (χ3n) is 2.93. The van der Waals surface area contributed by atoms with Crippen molar-refractivity contribution in [2.24, 2.45) is 0 Å². The number of aliphatic hydroxyl groups excluding tert-OH is 6. The highest BCUT2D eigenvalue weighted by atomic mass is 16.7. The summed E-state index contributed by atoms with van der Waals surface area (Å²) in [6.45, 7) is 0. The van der Waals surface area contributed by atoms with E-state index in [9.17, 15) is 14.4 Å².